The number of amides is 4. The van der Waals surface area contributed by atoms with Crippen LogP contribution in [0, 0.1) is 11.5 Å². The first-order valence-electron chi connectivity index (χ1n) is 8.76. The zero-order chi connectivity index (χ0) is 22.4. The van der Waals surface area contributed by atoms with Gasteiger partial charge < -0.3 is 40.4 Å². The maximum absolute atomic E-state index is 12.7. The molecule has 1 saturated heterocycles. The van der Waals surface area contributed by atoms with Crippen LogP contribution in [0.4, 0.5) is 0 Å². The second kappa shape index (κ2) is 8.90. The van der Waals surface area contributed by atoms with Gasteiger partial charge >= 0.3 is 0 Å². The molecule has 4 amide bonds. The van der Waals surface area contributed by atoms with Crippen LogP contribution in [-0.4, -0.2) is 40.7 Å². The Bertz CT molecular complexity index is 770. The molecule has 0 bridgehead atoms. The monoisotopic (exact) mass is 498 g/mol. The molecule has 0 aromatic rings. The number of allylic oxidation sites excluding steroid dienone is 2. The maximum atomic E-state index is 12.7. The fraction of sp³-hybridized carbons (Fsp3) is 0.526. The molecule has 1 aliphatic heterocycles. The van der Waals surface area contributed by atoms with Gasteiger partial charge in [0.1, 0.15) is 0 Å². The zero-order valence-electron chi connectivity index (χ0n) is 17.2. The van der Waals surface area contributed by atoms with Gasteiger partial charge in [-0.3, -0.25) is 0 Å². The van der Waals surface area contributed by atoms with E-state index in [-0.39, 0.29) is 32.9 Å². The largest absolute Gasteiger partial charge is 0.649 e. The topological polar surface area (TPSA) is 125 Å². The fourth-order valence-corrected chi connectivity index (χ4v) is 2.65. The quantitative estimate of drug-likeness (QED) is 0.460. The van der Waals surface area contributed by atoms with E-state index in [0.717, 1.165) is 0 Å². The van der Waals surface area contributed by atoms with Crippen molar-refractivity contribution in [3.63, 3.8) is 0 Å². The summed E-state index contributed by atoms with van der Waals surface area (Å²) in [5.41, 5.74) is -4.79. The summed E-state index contributed by atoms with van der Waals surface area (Å²) in [6, 6.07) is -0.944. The van der Waals surface area contributed by atoms with Gasteiger partial charge in [0, 0.05) is 34.0 Å². The van der Waals surface area contributed by atoms with Crippen molar-refractivity contribution in [3.05, 3.63) is 49.5 Å². The molecular formula is C19H21Cl2CoN4O4-4. The van der Waals surface area contributed by atoms with Crippen LogP contribution >= 0.6 is 23.2 Å². The van der Waals surface area contributed by atoms with Gasteiger partial charge in [0.25, 0.3) is 0 Å². The normalized spacial score (nSPS) is 26.5. The molecule has 2 radical (unpaired) electrons. The third kappa shape index (κ3) is 5.37. The second-order valence-corrected chi connectivity index (χ2v) is 9.12. The molecule has 11 heteroatoms. The third-order valence-electron chi connectivity index (χ3n) is 4.48. The SMILES string of the molecule is CC1(C)[N-]C(=O)C(C)(C)C(=O)[N-]C(C)(C)C(=O)[N-]C2C=C(Cl)C(Cl)=C[C]2[N-]C1=O.[Co]. The van der Waals surface area contributed by atoms with Crippen LogP contribution in [0.3, 0.4) is 0 Å². The van der Waals surface area contributed by atoms with Gasteiger partial charge in [-0.05, 0) is 13.8 Å². The summed E-state index contributed by atoms with van der Waals surface area (Å²) < 4.78 is 0. The summed E-state index contributed by atoms with van der Waals surface area (Å²) in [6.07, 6.45) is 2.69. The van der Waals surface area contributed by atoms with Crippen LogP contribution < -0.4 is 0 Å². The maximum Gasteiger partial charge on any atom is 0.0633 e. The van der Waals surface area contributed by atoms with Crippen LogP contribution in [0.25, 0.3) is 21.3 Å². The van der Waals surface area contributed by atoms with E-state index in [1.165, 1.54) is 53.7 Å². The summed E-state index contributed by atoms with van der Waals surface area (Å²) in [5.74, 6) is -3.20. The first kappa shape index (κ1) is 26.5. The molecule has 0 saturated carbocycles. The molecule has 168 valence electrons. The van der Waals surface area contributed by atoms with Gasteiger partial charge in [0.2, 0.25) is 0 Å². The van der Waals surface area contributed by atoms with E-state index < -0.39 is 46.2 Å². The summed E-state index contributed by atoms with van der Waals surface area (Å²) in [4.78, 5) is 50.8. The Hall–Kier alpha value is -1.55. The first-order chi connectivity index (χ1) is 13.1. The number of carbonyl (C=O) groups excluding carboxylic acids is 4. The van der Waals surface area contributed by atoms with E-state index in [0.29, 0.717) is 0 Å². The first-order valence-corrected chi connectivity index (χ1v) is 9.51. The fourth-order valence-electron chi connectivity index (χ4n) is 2.30. The molecule has 0 N–H and O–H groups in total. The smallest absolute Gasteiger partial charge is 0.0633 e. The minimum absolute atomic E-state index is 0. The van der Waals surface area contributed by atoms with Gasteiger partial charge in [-0.25, -0.2) is 0 Å². The third-order valence-corrected chi connectivity index (χ3v) is 5.21. The molecule has 2 aliphatic rings. The van der Waals surface area contributed by atoms with Crippen molar-refractivity contribution in [1.29, 1.82) is 0 Å². The average molecular weight is 499 g/mol. The molecule has 0 spiro atoms. The minimum Gasteiger partial charge on any atom is -0.649 e. The summed E-state index contributed by atoms with van der Waals surface area (Å²) in [6.45, 7) is 8.26. The van der Waals surface area contributed by atoms with Crippen LogP contribution in [0.1, 0.15) is 41.5 Å². The Morgan fingerprint density at radius 2 is 1.23 bits per heavy atom. The number of halogens is 2. The van der Waals surface area contributed by atoms with Gasteiger partial charge in [-0.2, -0.15) is 0 Å². The Labute approximate surface area is 196 Å². The number of rotatable bonds is 0. The number of carbonyl (C=O) groups is 4. The molecule has 1 fully saturated rings. The van der Waals surface area contributed by atoms with Crippen LogP contribution in [0.2, 0.25) is 0 Å². The number of fused-ring (bicyclic) bond motifs is 1. The van der Waals surface area contributed by atoms with Crippen molar-refractivity contribution in [1.82, 2.24) is 0 Å². The minimum atomic E-state index is -1.67. The summed E-state index contributed by atoms with van der Waals surface area (Å²) >= 11 is 12.1. The van der Waals surface area contributed by atoms with Crippen molar-refractivity contribution >= 4 is 46.8 Å². The van der Waals surface area contributed by atoms with Crippen molar-refractivity contribution < 1.29 is 36.0 Å². The average Bonchev–Trinajstić information content (AvgIpc) is 2.57. The predicted octanol–water partition coefficient (Wildman–Crippen LogP) is 4.34. The van der Waals surface area contributed by atoms with E-state index in [4.69, 9.17) is 23.2 Å². The van der Waals surface area contributed by atoms with E-state index in [2.05, 4.69) is 21.3 Å². The molecule has 1 unspecified atom stereocenters. The number of nitrogens with zero attached hydrogens (tertiary/aromatic N) is 4. The second-order valence-electron chi connectivity index (χ2n) is 8.30. The van der Waals surface area contributed by atoms with Crippen LogP contribution in [0.15, 0.2) is 22.2 Å². The van der Waals surface area contributed by atoms with Crippen LogP contribution in [0.5, 0.6) is 0 Å². The molecule has 1 aliphatic carbocycles. The zero-order valence-corrected chi connectivity index (χ0v) is 19.8. The van der Waals surface area contributed by atoms with E-state index >= 15 is 0 Å². The van der Waals surface area contributed by atoms with Gasteiger partial charge in [0.15, 0.2) is 0 Å². The molecule has 0 aromatic carbocycles. The van der Waals surface area contributed by atoms with Gasteiger partial charge in [-0.15, -0.1) is 12.1 Å². The molecule has 1 heterocycles. The van der Waals surface area contributed by atoms with Crippen molar-refractivity contribution in [3.8, 4) is 0 Å². The Morgan fingerprint density at radius 1 is 0.767 bits per heavy atom. The molecule has 1 atom stereocenters. The summed E-state index contributed by atoms with van der Waals surface area (Å²) in [7, 11) is 0. The standard InChI is InChI=1S/C19H24Cl2N4O4.Co/c1-17(2)13(26)24-18(3,4)15(28)22-11-7-9(20)10(21)8-12(11)23-16(29)19(5,6)25-14(17)27;/h7-8,11H,1-6H3,(H3-,22,23,24,25,26,27,28,29);/q-1;/p-3. The molecule has 2 rings (SSSR count). The van der Waals surface area contributed by atoms with Crippen molar-refractivity contribution in [2.75, 3.05) is 0 Å². The van der Waals surface area contributed by atoms with Gasteiger partial charge in [0.05, 0.1) is 21.9 Å². The van der Waals surface area contributed by atoms with Crippen molar-refractivity contribution in [2.24, 2.45) is 5.41 Å². The Morgan fingerprint density at radius 3 is 1.73 bits per heavy atom. The summed E-state index contributed by atoms with van der Waals surface area (Å²) in [5, 5.41) is 16.1. The molecule has 8 nitrogen and oxygen atoms in total. The molecule has 0 aromatic heterocycles. The number of hydrogen-bond acceptors (Lipinski definition) is 4. The van der Waals surface area contributed by atoms with Crippen LogP contribution in [-0.2, 0) is 36.0 Å². The molecular weight excluding hydrogens is 478 g/mol. The Kier molecular flexibility index (Phi) is 7.85. The number of hydrogen-bond donors (Lipinski definition) is 0. The van der Waals surface area contributed by atoms with E-state index in [1.54, 1.807) is 0 Å². The van der Waals surface area contributed by atoms with E-state index in [1.807, 2.05) is 0 Å². The van der Waals surface area contributed by atoms with Gasteiger partial charge in [-0.1, -0.05) is 74.1 Å². The molecule has 30 heavy (non-hydrogen) atoms. The van der Waals surface area contributed by atoms with E-state index in [9.17, 15) is 19.2 Å². The Balaban J connectivity index is 0.00000450. The van der Waals surface area contributed by atoms with Crippen molar-refractivity contribution in [2.45, 2.75) is 58.7 Å². The predicted molar refractivity (Wildman–Crippen MR) is 110 cm³/mol.